The smallest absolute Gasteiger partial charge is 0.355 e. The van der Waals surface area contributed by atoms with Crippen molar-refractivity contribution in [2.45, 2.75) is 0 Å². The second kappa shape index (κ2) is 5.72. The van der Waals surface area contributed by atoms with E-state index in [-0.39, 0.29) is 16.6 Å². The predicted octanol–water partition coefficient (Wildman–Crippen LogP) is 0.934. The zero-order valence-electron chi connectivity index (χ0n) is 8.02. The number of hydrogen-bond donors (Lipinski definition) is 2. The largest absolute Gasteiger partial charge is 0.476 e. The normalized spacial score (nSPS) is 9.93. The van der Waals surface area contributed by atoms with Crippen molar-refractivity contribution in [2.24, 2.45) is 0 Å². The van der Waals surface area contributed by atoms with Crippen LogP contribution in [0.25, 0.3) is 0 Å². The summed E-state index contributed by atoms with van der Waals surface area (Å²) in [5.74, 6) is -0.612. The van der Waals surface area contributed by atoms with Gasteiger partial charge in [0, 0.05) is 17.7 Å². The Kier molecular flexibility index (Phi) is 4.57. The van der Waals surface area contributed by atoms with Crippen LogP contribution in [0.5, 0.6) is 0 Å². The van der Waals surface area contributed by atoms with E-state index in [0.717, 1.165) is 17.1 Å². The van der Waals surface area contributed by atoms with Crippen LogP contribution in [0.1, 0.15) is 20.3 Å². The van der Waals surface area contributed by atoms with Gasteiger partial charge >= 0.3 is 5.97 Å². The number of thioether (sulfide) groups is 1. The van der Waals surface area contributed by atoms with Gasteiger partial charge in [0.25, 0.3) is 5.91 Å². The summed E-state index contributed by atoms with van der Waals surface area (Å²) < 4.78 is 0. The zero-order valence-corrected chi connectivity index (χ0v) is 9.65. The molecule has 1 heterocycles. The van der Waals surface area contributed by atoms with Gasteiger partial charge in [-0.05, 0) is 6.26 Å². The lowest BCUT2D eigenvalue weighted by Gasteiger charge is -1.99. The Labute approximate surface area is 94.9 Å². The Morgan fingerprint density at radius 1 is 1.67 bits per heavy atom. The summed E-state index contributed by atoms with van der Waals surface area (Å²) in [4.78, 5) is 25.6. The summed E-state index contributed by atoms with van der Waals surface area (Å²) in [6, 6.07) is 0. The number of carboxylic acid groups (broad SMARTS) is 1. The molecule has 0 radical (unpaired) electrons. The number of nitrogens with zero attached hydrogens (tertiary/aromatic N) is 1. The minimum absolute atomic E-state index is 0.0879. The van der Waals surface area contributed by atoms with Crippen LogP contribution in [0.2, 0.25) is 0 Å². The second-order valence-electron chi connectivity index (χ2n) is 2.59. The molecule has 0 aliphatic heterocycles. The molecule has 0 bridgehead atoms. The van der Waals surface area contributed by atoms with Crippen molar-refractivity contribution in [1.82, 2.24) is 10.3 Å². The van der Waals surface area contributed by atoms with Crippen LogP contribution in [0.4, 0.5) is 0 Å². The van der Waals surface area contributed by atoms with Crippen LogP contribution in [0.15, 0.2) is 5.38 Å². The van der Waals surface area contributed by atoms with Crippen LogP contribution in [-0.4, -0.2) is 40.5 Å². The number of thiazole rings is 1. The standard InChI is InChI=1S/C8H10N2O3S2/c1-14-3-2-9-6(11)7-10-5(4-15-7)8(12)13/h4H,2-3H2,1H3,(H,9,11)(H,12,13). The summed E-state index contributed by atoms with van der Waals surface area (Å²) in [6.07, 6.45) is 1.94. The van der Waals surface area contributed by atoms with Crippen molar-refractivity contribution in [1.29, 1.82) is 0 Å². The summed E-state index contributed by atoms with van der Waals surface area (Å²) in [5, 5.41) is 12.8. The number of amides is 1. The molecule has 5 nitrogen and oxygen atoms in total. The molecule has 0 unspecified atom stereocenters. The van der Waals surface area contributed by atoms with Crippen LogP contribution < -0.4 is 5.32 Å². The molecule has 82 valence electrons. The molecule has 0 aliphatic rings. The molecule has 0 atom stereocenters. The van der Waals surface area contributed by atoms with Gasteiger partial charge in [-0.15, -0.1) is 11.3 Å². The fourth-order valence-corrected chi connectivity index (χ4v) is 1.83. The van der Waals surface area contributed by atoms with Gasteiger partial charge in [0.2, 0.25) is 0 Å². The van der Waals surface area contributed by atoms with Gasteiger partial charge in [-0.3, -0.25) is 4.79 Å². The van der Waals surface area contributed by atoms with E-state index in [1.807, 2.05) is 6.26 Å². The van der Waals surface area contributed by atoms with Crippen LogP contribution in [-0.2, 0) is 0 Å². The molecule has 0 aliphatic carbocycles. The van der Waals surface area contributed by atoms with Crippen molar-refractivity contribution < 1.29 is 14.7 Å². The third-order valence-electron chi connectivity index (χ3n) is 1.51. The van der Waals surface area contributed by atoms with E-state index in [1.165, 1.54) is 5.38 Å². The third kappa shape index (κ3) is 3.52. The first-order valence-electron chi connectivity index (χ1n) is 4.11. The van der Waals surface area contributed by atoms with E-state index < -0.39 is 5.97 Å². The van der Waals surface area contributed by atoms with Gasteiger partial charge in [-0.25, -0.2) is 9.78 Å². The number of rotatable bonds is 5. The second-order valence-corrected chi connectivity index (χ2v) is 4.44. The Morgan fingerprint density at radius 3 is 2.93 bits per heavy atom. The number of carbonyl (C=O) groups excluding carboxylic acids is 1. The number of carboxylic acids is 1. The first-order chi connectivity index (χ1) is 7.15. The van der Waals surface area contributed by atoms with E-state index in [1.54, 1.807) is 11.8 Å². The van der Waals surface area contributed by atoms with E-state index in [4.69, 9.17) is 5.11 Å². The highest BCUT2D eigenvalue weighted by Crippen LogP contribution is 2.09. The monoisotopic (exact) mass is 246 g/mol. The quantitative estimate of drug-likeness (QED) is 0.756. The molecule has 0 aromatic carbocycles. The highest BCUT2D eigenvalue weighted by Gasteiger charge is 2.13. The Bertz CT molecular complexity index is 365. The molecule has 7 heteroatoms. The van der Waals surface area contributed by atoms with Crippen molar-refractivity contribution >= 4 is 35.0 Å². The first kappa shape index (κ1) is 12.0. The highest BCUT2D eigenvalue weighted by molar-refractivity contribution is 7.98. The maximum absolute atomic E-state index is 11.4. The molecule has 0 fully saturated rings. The molecule has 1 aromatic rings. The number of aromatic carboxylic acids is 1. The molecule has 1 amide bonds. The molecular weight excluding hydrogens is 236 g/mol. The summed E-state index contributed by atoms with van der Waals surface area (Å²) in [6.45, 7) is 0.558. The van der Waals surface area contributed by atoms with Crippen LogP contribution >= 0.6 is 23.1 Å². The molecule has 2 N–H and O–H groups in total. The van der Waals surface area contributed by atoms with E-state index in [0.29, 0.717) is 6.54 Å². The molecule has 1 rings (SSSR count). The van der Waals surface area contributed by atoms with Gasteiger partial charge in [0.15, 0.2) is 10.7 Å². The Hall–Kier alpha value is -1.08. The van der Waals surface area contributed by atoms with Crippen molar-refractivity contribution in [2.75, 3.05) is 18.6 Å². The third-order valence-corrected chi connectivity index (χ3v) is 2.96. The fourth-order valence-electron chi connectivity index (χ4n) is 0.818. The molecule has 0 saturated carbocycles. The zero-order chi connectivity index (χ0) is 11.3. The Morgan fingerprint density at radius 2 is 2.40 bits per heavy atom. The van der Waals surface area contributed by atoms with Gasteiger partial charge in [-0.1, -0.05) is 0 Å². The van der Waals surface area contributed by atoms with Gasteiger partial charge < -0.3 is 10.4 Å². The topological polar surface area (TPSA) is 79.3 Å². The number of hydrogen-bond acceptors (Lipinski definition) is 5. The minimum atomic E-state index is -1.12. The van der Waals surface area contributed by atoms with E-state index >= 15 is 0 Å². The molecular formula is C8H10N2O3S2. The number of nitrogens with one attached hydrogen (secondary N) is 1. The summed E-state index contributed by atoms with van der Waals surface area (Å²) >= 11 is 2.66. The molecule has 1 aromatic heterocycles. The lowest BCUT2D eigenvalue weighted by atomic mass is 10.5. The SMILES string of the molecule is CSCCNC(=O)c1nc(C(=O)O)cs1. The minimum Gasteiger partial charge on any atom is -0.476 e. The summed E-state index contributed by atoms with van der Waals surface area (Å²) in [5.41, 5.74) is -0.0879. The lowest BCUT2D eigenvalue weighted by molar-refractivity contribution is 0.0691. The molecule has 0 saturated heterocycles. The number of aromatic nitrogens is 1. The first-order valence-corrected chi connectivity index (χ1v) is 6.38. The van der Waals surface area contributed by atoms with Crippen molar-refractivity contribution in [3.8, 4) is 0 Å². The van der Waals surface area contributed by atoms with Gasteiger partial charge in [0.1, 0.15) is 0 Å². The maximum atomic E-state index is 11.4. The van der Waals surface area contributed by atoms with Crippen molar-refractivity contribution in [3.63, 3.8) is 0 Å². The van der Waals surface area contributed by atoms with Crippen LogP contribution in [0.3, 0.4) is 0 Å². The average Bonchev–Trinajstić information content (AvgIpc) is 2.66. The molecule has 0 spiro atoms. The average molecular weight is 246 g/mol. The van der Waals surface area contributed by atoms with Crippen molar-refractivity contribution in [3.05, 3.63) is 16.1 Å². The number of carbonyl (C=O) groups is 2. The molecule has 15 heavy (non-hydrogen) atoms. The maximum Gasteiger partial charge on any atom is 0.355 e. The van der Waals surface area contributed by atoms with E-state index in [9.17, 15) is 9.59 Å². The fraction of sp³-hybridized carbons (Fsp3) is 0.375. The predicted molar refractivity (Wildman–Crippen MR) is 59.8 cm³/mol. The highest BCUT2D eigenvalue weighted by atomic mass is 32.2. The Balaban J connectivity index is 2.54. The lowest BCUT2D eigenvalue weighted by Crippen LogP contribution is -2.25. The summed E-state index contributed by atoms with van der Waals surface area (Å²) in [7, 11) is 0. The van der Waals surface area contributed by atoms with Gasteiger partial charge in [-0.2, -0.15) is 11.8 Å². The van der Waals surface area contributed by atoms with Gasteiger partial charge in [0.05, 0.1) is 0 Å². The van der Waals surface area contributed by atoms with Crippen LogP contribution in [0, 0.1) is 0 Å². The van der Waals surface area contributed by atoms with E-state index in [2.05, 4.69) is 10.3 Å².